The molecule has 0 amide bonds. The molecule has 0 aromatic carbocycles. The maximum Gasteiger partial charge on any atom is 0.256 e. The van der Waals surface area contributed by atoms with Crippen molar-refractivity contribution in [2.75, 3.05) is 0 Å². The van der Waals surface area contributed by atoms with E-state index < -0.39 is 0 Å². The summed E-state index contributed by atoms with van der Waals surface area (Å²) in [6.07, 6.45) is 6.57. The second-order valence-corrected chi connectivity index (χ2v) is 3.18. The van der Waals surface area contributed by atoms with Crippen molar-refractivity contribution < 1.29 is 10.1 Å². The van der Waals surface area contributed by atoms with Gasteiger partial charge in [0.1, 0.15) is 5.56 Å². The molecule has 0 radical (unpaired) electrons. The van der Waals surface area contributed by atoms with Crippen LogP contribution in [0, 0.1) is 0 Å². The lowest BCUT2D eigenvalue weighted by molar-refractivity contribution is -0.457. The Bertz CT molecular complexity index is 463. The summed E-state index contributed by atoms with van der Waals surface area (Å²) >= 11 is 0. The monoisotopic (exact) mass is 249 g/mol. The Hall–Kier alpha value is -2.97. The Morgan fingerprint density at radius 2 is 1.83 bits per heavy atom. The molecule has 0 spiro atoms. The van der Waals surface area contributed by atoms with Crippen molar-refractivity contribution in [1.82, 2.24) is 0 Å². The quantitative estimate of drug-likeness (QED) is 0.207. The van der Waals surface area contributed by atoms with Gasteiger partial charge in [-0.25, -0.2) is 4.98 Å². The summed E-state index contributed by atoms with van der Waals surface area (Å²) in [6.45, 7) is 0. The smallest absolute Gasteiger partial charge is 0.256 e. The lowest BCUT2D eigenvalue weighted by Crippen LogP contribution is -2.63. The minimum Gasteiger partial charge on any atom is -0.369 e. The van der Waals surface area contributed by atoms with Crippen molar-refractivity contribution in [3.63, 3.8) is 0 Å². The fourth-order valence-electron chi connectivity index (χ4n) is 1.01. The first-order valence-electron chi connectivity index (χ1n) is 4.88. The third kappa shape index (κ3) is 5.21. The van der Waals surface area contributed by atoms with Crippen LogP contribution in [0.25, 0.3) is 0 Å². The van der Waals surface area contributed by atoms with Gasteiger partial charge in [0.2, 0.25) is 12.2 Å². The average Bonchev–Trinajstić information content (AvgIpc) is 2.28. The molecule has 1 rings (SSSR count). The van der Waals surface area contributed by atoms with Gasteiger partial charge in [0.05, 0.1) is 11.8 Å². The lowest BCUT2D eigenvalue weighted by Gasteiger charge is -1.87. The van der Waals surface area contributed by atoms with Crippen LogP contribution in [0.3, 0.4) is 0 Å². The minimum atomic E-state index is -0.104. The van der Waals surface area contributed by atoms with Crippen LogP contribution in [0.1, 0.15) is 11.1 Å². The summed E-state index contributed by atoms with van der Waals surface area (Å²) in [7, 11) is 0. The Kier molecular flexibility index (Phi) is 4.79. The third-order valence-electron chi connectivity index (χ3n) is 1.64. The highest BCUT2D eigenvalue weighted by Crippen LogP contribution is 1.93. The highest BCUT2D eigenvalue weighted by atomic mass is 15.3. The Morgan fingerprint density at radius 3 is 2.50 bits per heavy atom. The molecule has 0 aliphatic carbocycles. The molecule has 0 fully saturated rings. The summed E-state index contributed by atoms with van der Waals surface area (Å²) in [5.41, 5.74) is 22.2. The number of hydrogen-bond acceptors (Lipinski definition) is 3. The number of nitrogens with two attached hydrogens (primary N) is 4. The van der Waals surface area contributed by atoms with Crippen LogP contribution < -0.4 is 33.0 Å². The first-order chi connectivity index (χ1) is 8.58. The van der Waals surface area contributed by atoms with Crippen LogP contribution in [-0.2, 0) is 0 Å². The Balaban J connectivity index is 2.80. The summed E-state index contributed by atoms with van der Waals surface area (Å²) < 4.78 is 0. The summed E-state index contributed by atoms with van der Waals surface area (Å²) in [5.74, 6) is -0.159. The maximum atomic E-state index is 5.16. The molecule has 0 atom stereocenters. The molecule has 1 heterocycles. The van der Waals surface area contributed by atoms with Crippen LogP contribution >= 0.6 is 0 Å². The summed E-state index contributed by atoms with van der Waals surface area (Å²) in [6, 6.07) is 1.82. The molecule has 0 unspecified atom stereocenters. The number of nitrogens with zero attached hydrogens (tertiary/aromatic N) is 3. The van der Waals surface area contributed by atoms with Gasteiger partial charge in [0, 0.05) is 5.10 Å². The molecule has 0 saturated heterocycles. The molecule has 1 aromatic heterocycles. The number of H-pyrrole nitrogens is 1. The predicted octanol–water partition coefficient (Wildman–Crippen LogP) is -4.20. The van der Waals surface area contributed by atoms with Gasteiger partial charge in [-0.2, -0.15) is 5.10 Å². The number of pyridine rings is 1. The lowest BCUT2D eigenvalue weighted by atomic mass is 10.2. The highest BCUT2D eigenvalue weighted by molar-refractivity contribution is 5.84. The van der Waals surface area contributed by atoms with Crippen molar-refractivity contribution in [1.29, 1.82) is 0 Å². The minimum absolute atomic E-state index is 0.0549. The fourth-order valence-corrected chi connectivity index (χ4v) is 1.01. The van der Waals surface area contributed by atoms with Crippen LogP contribution in [0.15, 0.2) is 33.8 Å². The van der Waals surface area contributed by atoms with E-state index in [2.05, 4.69) is 25.4 Å². The molecule has 9 nitrogen and oxygen atoms in total. The van der Waals surface area contributed by atoms with Gasteiger partial charge in [0.15, 0.2) is 12.4 Å². The standard InChI is InChI=1S/C9H13N9/c10-8(11)17-15-4-6-1-7(3-14-2-6)5-16-18-9(12)13/h1-5H,(H4,10,11,17)(H4,12,13,18)/p+2/b15-4+,16-5+. The van der Waals surface area contributed by atoms with E-state index in [-0.39, 0.29) is 11.9 Å². The zero-order chi connectivity index (χ0) is 13.4. The first-order valence-corrected chi connectivity index (χ1v) is 4.88. The normalized spacial score (nSPS) is 10.7. The van der Waals surface area contributed by atoms with E-state index in [1.54, 1.807) is 18.6 Å². The number of hydrogen-bond donors (Lipinski definition) is 5. The van der Waals surface area contributed by atoms with Crippen molar-refractivity contribution in [3.8, 4) is 0 Å². The predicted molar refractivity (Wildman–Crippen MR) is 68.3 cm³/mol. The number of nitrogens with one attached hydrogen (secondary N) is 2. The van der Waals surface area contributed by atoms with Gasteiger partial charge in [0.25, 0.3) is 5.96 Å². The molecular weight excluding hydrogens is 234 g/mol. The zero-order valence-electron chi connectivity index (χ0n) is 9.54. The maximum absolute atomic E-state index is 5.16. The molecule has 94 valence electrons. The topological polar surface area (TPSA) is 169 Å². The Labute approximate surface area is 103 Å². The van der Waals surface area contributed by atoms with Crippen LogP contribution in [0.5, 0.6) is 0 Å². The number of aromatic nitrogens is 1. The fraction of sp³-hybridized carbons (Fsp3) is 0. The highest BCUT2D eigenvalue weighted by Gasteiger charge is 1.99. The van der Waals surface area contributed by atoms with Crippen molar-refractivity contribution in [3.05, 3.63) is 29.6 Å². The SMILES string of the molecule is NC(N)=N/N=C/c1c[nH+]cc(/C=[NH+]/N=C(N)N)c1. The molecule has 0 aliphatic rings. The second kappa shape index (κ2) is 6.58. The van der Waals surface area contributed by atoms with Crippen LogP contribution in [0.4, 0.5) is 0 Å². The van der Waals surface area contributed by atoms with Crippen molar-refractivity contribution in [2.24, 2.45) is 38.2 Å². The van der Waals surface area contributed by atoms with Gasteiger partial charge in [-0.1, -0.05) is 0 Å². The number of guanidine groups is 2. The molecular formula is C9H15N9+2. The second-order valence-electron chi connectivity index (χ2n) is 3.18. The zero-order valence-corrected chi connectivity index (χ0v) is 9.54. The van der Waals surface area contributed by atoms with Gasteiger partial charge >= 0.3 is 0 Å². The van der Waals surface area contributed by atoms with E-state index in [9.17, 15) is 0 Å². The van der Waals surface area contributed by atoms with Gasteiger partial charge in [-0.3, -0.25) is 0 Å². The summed E-state index contributed by atoms with van der Waals surface area (Å²) in [4.78, 5) is 2.92. The Morgan fingerprint density at radius 1 is 1.11 bits per heavy atom. The molecule has 0 saturated carbocycles. The van der Waals surface area contributed by atoms with Crippen molar-refractivity contribution >= 4 is 24.3 Å². The van der Waals surface area contributed by atoms with E-state index in [1.807, 2.05) is 6.07 Å². The van der Waals surface area contributed by atoms with Crippen molar-refractivity contribution in [2.45, 2.75) is 0 Å². The van der Waals surface area contributed by atoms with E-state index in [0.29, 0.717) is 0 Å². The number of aromatic amines is 1. The molecule has 1 aromatic rings. The van der Waals surface area contributed by atoms with Gasteiger partial charge < -0.3 is 22.9 Å². The molecule has 0 bridgehead atoms. The van der Waals surface area contributed by atoms with Crippen LogP contribution in [0.2, 0.25) is 0 Å². The van der Waals surface area contributed by atoms with Gasteiger partial charge in [-0.05, 0) is 6.07 Å². The third-order valence-corrected chi connectivity index (χ3v) is 1.64. The average molecular weight is 249 g/mol. The molecule has 18 heavy (non-hydrogen) atoms. The molecule has 10 N–H and O–H groups in total. The van der Waals surface area contributed by atoms with E-state index in [1.165, 1.54) is 6.21 Å². The van der Waals surface area contributed by atoms with E-state index in [0.717, 1.165) is 11.1 Å². The van der Waals surface area contributed by atoms with Gasteiger partial charge in [-0.15, -0.1) is 10.2 Å². The molecule has 9 heteroatoms. The first kappa shape index (κ1) is 13.1. The molecule has 0 aliphatic heterocycles. The number of rotatable bonds is 4. The van der Waals surface area contributed by atoms with Crippen LogP contribution in [-0.4, -0.2) is 24.3 Å². The largest absolute Gasteiger partial charge is 0.369 e. The van der Waals surface area contributed by atoms with E-state index in [4.69, 9.17) is 22.9 Å². The number of hydrazone groups is 1. The summed E-state index contributed by atoms with van der Waals surface area (Å²) in [5, 5.41) is 13.3. The van der Waals surface area contributed by atoms with E-state index >= 15 is 0 Å².